The lowest BCUT2D eigenvalue weighted by Gasteiger charge is -2.28. The Hall–Kier alpha value is 0.160. The van der Waals surface area contributed by atoms with Crippen LogP contribution in [0.1, 0.15) is 39.0 Å². The third-order valence-corrected chi connectivity index (χ3v) is 4.82. The lowest BCUT2D eigenvalue weighted by molar-refractivity contribution is 0.337. The van der Waals surface area contributed by atoms with Crippen LogP contribution in [0, 0.1) is 0 Å². The summed E-state index contributed by atoms with van der Waals surface area (Å²) in [5, 5.41) is 0. The highest BCUT2D eigenvalue weighted by atomic mass is 35.5. The molecule has 0 aromatic heterocycles. The van der Waals surface area contributed by atoms with Crippen molar-refractivity contribution in [3.63, 3.8) is 0 Å². The van der Waals surface area contributed by atoms with Gasteiger partial charge in [-0.05, 0) is 25.7 Å². The maximum absolute atomic E-state index is 12.0. The molecule has 16 heavy (non-hydrogen) atoms. The van der Waals surface area contributed by atoms with E-state index in [-0.39, 0.29) is 6.04 Å². The summed E-state index contributed by atoms with van der Waals surface area (Å²) in [6.07, 6.45) is 4.52. The second-order valence-electron chi connectivity index (χ2n) is 4.17. The van der Waals surface area contributed by atoms with Crippen LogP contribution in [0.4, 0.5) is 0 Å². The van der Waals surface area contributed by atoms with E-state index >= 15 is 0 Å². The van der Waals surface area contributed by atoms with Crippen LogP contribution >= 0.6 is 11.6 Å². The Bertz CT molecular complexity index is 289. The zero-order chi connectivity index (χ0) is 12.0. The van der Waals surface area contributed by atoms with E-state index in [1.165, 1.54) is 0 Å². The highest BCUT2D eigenvalue weighted by Crippen LogP contribution is 2.13. The Kier molecular flexibility index (Phi) is 6.03. The first-order valence-corrected chi connectivity index (χ1v) is 7.91. The lowest BCUT2D eigenvalue weighted by Crippen LogP contribution is -2.47. The van der Waals surface area contributed by atoms with Gasteiger partial charge in [-0.15, -0.1) is 11.6 Å². The SMILES string of the molecule is CCC(CCCl)NS(=O)(=O)N1CCCCC1. The van der Waals surface area contributed by atoms with Crippen molar-refractivity contribution in [3.05, 3.63) is 0 Å². The molecule has 1 atom stereocenters. The third-order valence-electron chi connectivity index (χ3n) is 2.92. The molecule has 1 aliphatic heterocycles. The van der Waals surface area contributed by atoms with Crippen molar-refractivity contribution < 1.29 is 8.42 Å². The predicted octanol–water partition coefficient (Wildman–Crippen LogP) is 1.71. The first-order valence-electron chi connectivity index (χ1n) is 5.93. The molecular weight excluding hydrogens is 248 g/mol. The van der Waals surface area contributed by atoms with Gasteiger partial charge in [-0.3, -0.25) is 0 Å². The highest BCUT2D eigenvalue weighted by Gasteiger charge is 2.25. The number of hydrogen-bond acceptors (Lipinski definition) is 2. The summed E-state index contributed by atoms with van der Waals surface area (Å²) in [6.45, 7) is 3.26. The summed E-state index contributed by atoms with van der Waals surface area (Å²) in [5.41, 5.74) is 0. The Morgan fingerprint density at radius 2 is 1.94 bits per heavy atom. The fraction of sp³-hybridized carbons (Fsp3) is 1.00. The van der Waals surface area contributed by atoms with Crippen LogP contribution in [0.25, 0.3) is 0 Å². The standard InChI is InChI=1S/C10H21ClN2O2S/c1-2-10(6-7-11)12-16(14,15)13-8-4-3-5-9-13/h10,12H,2-9H2,1H3. The second-order valence-corrected chi connectivity index (χ2v) is 6.25. The molecule has 1 saturated heterocycles. The molecule has 1 unspecified atom stereocenters. The molecule has 0 aliphatic carbocycles. The summed E-state index contributed by atoms with van der Waals surface area (Å²) in [4.78, 5) is 0. The molecule has 0 aromatic rings. The third kappa shape index (κ3) is 4.20. The average Bonchev–Trinajstić information content (AvgIpc) is 2.29. The van der Waals surface area contributed by atoms with Crippen molar-refractivity contribution in [2.45, 2.75) is 45.1 Å². The van der Waals surface area contributed by atoms with Crippen LogP contribution in [0.15, 0.2) is 0 Å². The molecule has 1 aliphatic rings. The topological polar surface area (TPSA) is 49.4 Å². The molecule has 1 N–H and O–H groups in total. The minimum atomic E-state index is -3.29. The van der Waals surface area contributed by atoms with Crippen molar-refractivity contribution in [1.82, 2.24) is 9.03 Å². The molecule has 96 valence electrons. The maximum atomic E-state index is 12.0. The van der Waals surface area contributed by atoms with Gasteiger partial charge in [0, 0.05) is 25.0 Å². The summed E-state index contributed by atoms with van der Waals surface area (Å²) in [6, 6.07) is -0.0376. The van der Waals surface area contributed by atoms with E-state index in [0.717, 1.165) is 25.7 Å². The van der Waals surface area contributed by atoms with E-state index in [4.69, 9.17) is 11.6 Å². The first-order chi connectivity index (χ1) is 7.60. The monoisotopic (exact) mass is 268 g/mol. The van der Waals surface area contributed by atoms with E-state index in [1.807, 2.05) is 6.92 Å². The first kappa shape index (κ1) is 14.2. The Balaban J connectivity index is 2.54. The van der Waals surface area contributed by atoms with Crippen molar-refractivity contribution in [2.75, 3.05) is 19.0 Å². The van der Waals surface area contributed by atoms with Crippen LogP contribution in [0.2, 0.25) is 0 Å². The van der Waals surface area contributed by atoms with Gasteiger partial charge in [0.2, 0.25) is 0 Å². The highest BCUT2D eigenvalue weighted by molar-refractivity contribution is 7.87. The molecule has 4 nitrogen and oxygen atoms in total. The van der Waals surface area contributed by atoms with Crippen molar-refractivity contribution >= 4 is 21.8 Å². The number of piperidine rings is 1. The van der Waals surface area contributed by atoms with Crippen LogP contribution in [0.5, 0.6) is 0 Å². The summed E-state index contributed by atoms with van der Waals surface area (Å²) in [5.74, 6) is 0.487. The lowest BCUT2D eigenvalue weighted by atomic mass is 10.2. The Labute approximate surface area is 104 Å². The minimum Gasteiger partial charge on any atom is -0.199 e. The van der Waals surface area contributed by atoms with Crippen molar-refractivity contribution in [1.29, 1.82) is 0 Å². The van der Waals surface area contributed by atoms with Gasteiger partial charge in [-0.2, -0.15) is 17.4 Å². The Morgan fingerprint density at radius 3 is 2.44 bits per heavy atom. The van der Waals surface area contributed by atoms with Crippen LogP contribution in [-0.2, 0) is 10.2 Å². The van der Waals surface area contributed by atoms with Crippen molar-refractivity contribution in [3.8, 4) is 0 Å². The van der Waals surface area contributed by atoms with E-state index in [9.17, 15) is 8.42 Å². The van der Waals surface area contributed by atoms with Gasteiger partial charge in [0.15, 0.2) is 0 Å². The quantitative estimate of drug-likeness (QED) is 0.746. The number of alkyl halides is 1. The van der Waals surface area contributed by atoms with E-state index < -0.39 is 10.2 Å². The molecule has 0 radical (unpaired) electrons. The molecule has 1 fully saturated rings. The van der Waals surface area contributed by atoms with Crippen LogP contribution in [-0.4, -0.2) is 37.7 Å². The molecule has 0 saturated carbocycles. The van der Waals surface area contributed by atoms with Crippen LogP contribution in [0.3, 0.4) is 0 Å². The van der Waals surface area contributed by atoms with Gasteiger partial charge in [0.05, 0.1) is 0 Å². The number of nitrogens with one attached hydrogen (secondary N) is 1. The minimum absolute atomic E-state index is 0.0376. The average molecular weight is 269 g/mol. The number of halogens is 1. The second kappa shape index (κ2) is 6.79. The largest absolute Gasteiger partial charge is 0.279 e. The molecular formula is C10H21ClN2O2S. The molecule has 1 rings (SSSR count). The molecule has 1 heterocycles. The fourth-order valence-electron chi connectivity index (χ4n) is 1.87. The van der Waals surface area contributed by atoms with Gasteiger partial charge in [0.1, 0.15) is 0 Å². The van der Waals surface area contributed by atoms with E-state index in [1.54, 1.807) is 4.31 Å². The zero-order valence-electron chi connectivity index (χ0n) is 9.78. The predicted molar refractivity (Wildman–Crippen MR) is 66.9 cm³/mol. The van der Waals surface area contributed by atoms with Gasteiger partial charge >= 0.3 is 0 Å². The maximum Gasteiger partial charge on any atom is 0.279 e. The summed E-state index contributed by atoms with van der Waals surface area (Å²) >= 11 is 5.64. The number of rotatable bonds is 6. The van der Waals surface area contributed by atoms with Crippen LogP contribution < -0.4 is 4.72 Å². The zero-order valence-corrected chi connectivity index (χ0v) is 11.4. The molecule has 0 amide bonds. The smallest absolute Gasteiger partial charge is 0.199 e. The molecule has 0 aromatic carbocycles. The van der Waals surface area contributed by atoms with Gasteiger partial charge in [-0.1, -0.05) is 13.3 Å². The normalized spacial score (nSPS) is 20.9. The fourth-order valence-corrected chi connectivity index (χ4v) is 3.73. The molecule has 0 bridgehead atoms. The van der Waals surface area contributed by atoms with Gasteiger partial charge in [-0.25, -0.2) is 0 Å². The van der Waals surface area contributed by atoms with E-state index in [2.05, 4.69) is 4.72 Å². The molecule has 0 spiro atoms. The van der Waals surface area contributed by atoms with Gasteiger partial charge in [0.25, 0.3) is 10.2 Å². The van der Waals surface area contributed by atoms with Gasteiger partial charge < -0.3 is 0 Å². The molecule has 6 heteroatoms. The van der Waals surface area contributed by atoms with Crippen molar-refractivity contribution in [2.24, 2.45) is 0 Å². The summed E-state index contributed by atoms with van der Waals surface area (Å²) in [7, 11) is -3.29. The van der Waals surface area contributed by atoms with E-state index in [0.29, 0.717) is 25.4 Å². The number of hydrogen-bond donors (Lipinski definition) is 1. The Morgan fingerprint density at radius 1 is 1.31 bits per heavy atom. The summed E-state index contributed by atoms with van der Waals surface area (Å²) < 4.78 is 28.3. The number of nitrogens with zero attached hydrogens (tertiary/aromatic N) is 1.